The van der Waals surface area contributed by atoms with Crippen molar-refractivity contribution in [1.29, 1.82) is 0 Å². The van der Waals surface area contributed by atoms with Crippen LogP contribution >= 0.6 is 0 Å². The van der Waals surface area contributed by atoms with E-state index in [9.17, 15) is 13.5 Å². The molecular formula is C10H21NO3S. The van der Waals surface area contributed by atoms with Gasteiger partial charge in [0.25, 0.3) is 0 Å². The van der Waals surface area contributed by atoms with Gasteiger partial charge in [0.15, 0.2) is 0 Å². The first-order chi connectivity index (χ1) is 6.74. The molecule has 1 saturated carbocycles. The zero-order chi connectivity index (χ0) is 11.7. The van der Waals surface area contributed by atoms with Gasteiger partial charge in [0.05, 0.1) is 10.9 Å². The first-order valence-corrected chi connectivity index (χ1v) is 6.92. The van der Waals surface area contributed by atoms with Crippen LogP contribution in [0.4, 0.5) is 0 Å². The maximum Gasteiger partial charge on any atom is 0.216 e. The van der Waals surface area contributed by atoms with Crippen LogP contribution in [0.3, 0.4) is 0 Å². The van der Waals surface area contributed by atoms with Gasteiger partial charge >= 0.3 is 0 Å². The van der Waals surface area contributed by atoms with Crippen LogP contribution < -0.4 is 4.72 Å². The number of rotatable bonds is 2. The summed E-state index contributed by atoms with van der Waals surface area (Å²) in [5.41, 5.74) is 0. The highest BCUT2D eigenvalue weighted by atomic mass is 32.2. The Morgan fingerprint density at radius 2 is 1.73 bits per heavy atom. The first-order valence-electron chi connectivity index (χ1n) is 5.44. The minimum absolute atomic E-state index is 0.303. The van der Waals surface area contributed by atoms with Crippen molar-refractivity contribution in [2.45, 2.75) is 63.3 Å². The summed E-state index contributed by atoms with van der Waals surface area (Å²) in [6, 6.07) is -0.303. The van der Waals surface area contributed by atoms with Crippen molar-refractivity contribution in [2.24, 2.45) is 0 Å². The Morgan fingerprint density at radius 1 is 1.20 bits per heavy atom. The Balaban J connectivity index is 2.69. The molecule has 1 rings (SSSR count). The lowest BCUT2D eigenvalue weighted by molar-refractivity contribution is 0.101. The molecule has 0 aromatic rings. The Bertz CT molecular complexity index is 305. The number of aliphatic hydroxyl groups is 1. The van der Waals surface area contributed by atoms with E-state index < -0.39 is 20.9 Å². The van der Waals surface area contributed by atoms with E-state index in [0.717, 1.165) is 19.3 Å². The molecule has 5 heteroatoms. The van der Waals surface area contributed by atoms with Gasteiger partial charge in [-0.05, 0) is 33.6 Å². The normalized spacial score (nSPS) is 29.1. The molecule has 90 valence electrons. The fraction of sp³-hybridized carbons (Fsp3) is 1.00. The average Bonchev–Trinajstić information content (AvgIpc) is 2.06. The molecule has 0 amide bonds. The third kappa shape index (κ3) is 3.16. The van der Waals surface area contributed by atoms with Crippen LogP contribution in [0.2, 0.25) is 0 Å². The monoisotopic (exact) mass is 235 g/mol. The van der Waals surface area contributed by atoms with Crippen molar-refractivity contribution in [3.63, 3.8) is 0 Å². The van der Waals surface area contributed by atoms with E-state index in [4.69, 9.17) is 0 Å². The fourth-order valence-corrected chi connectivity index (χ4v) is 2.65. The van der Waals surface area contributed by atoms with E-state index in [2.05, 4.69) is 4.72 Å². The second-order valence-electron chi connectivity index (χ2n) is 5.19. The van der Waals surface area contributed by atoms with Crippen LogP contribution in [0.15, 0.2) is 0 Å². The molecule has 0 heterocycles. The van der Waals surface area contributed by atoms with Crippen LogP contribution in [0, 0.1) is 0 Å². The Labute approximate surface area is 92.1 Å². The minimum Gasteiger partial charge on any atom is -0.391 e. The summed E-state index contributed by atoms with van der Waals surface area (Å²) < 4.78 is 25.5. The molecule has 0 aliphatic heterocycles. The molecular weight excluding hydrogens is 214 g/mol. The van der Waals surface area contributed by atoms with Crippen LogP contribution in [0.5, 0.6) is 0 Å². The van der Waals surface area contributed by atoms with Crippen molar-refractivity contribution < 1.29 is 13.5 Å². The summed E-state index contributed by atoms with van der Waals surface area (Å²) in [4.78, 5) is 0. The summed E-state index contributed by atoms with van der Waals surface area (Å²) in [5, 5.41) is 9.67. The average molecular weight is 235 g/mol. The van der Waals surface area contributed by atoms with Gasteiger partial charge in [-0.1, -0.05) is 12.8 Å². The molecule has 0 aromatic heterocycles. The van der Waals surface area contributed by atoms with E-state index in [1.54, 1.807) is 20.8 Å². The number of aliphatic hydroxyl groups excluding tert-OH is 1. The number of hydrogen-bond acceptors (Lipinski definition) is 3. The van der Waals surface area contributed by atoms with Gasteiger partial charge in [-0.25, -0.2) is 13.1 Å². The summed E-state index contributed by atoms with van der Waals surface area (Å²) in [7, 11) is -3.34. The number of hydrogen-bond donors (Lipinski definition) is 2. The summed E-state index contributed by atoms with van der Waals surface area (Å²) in [6.07, 6.45) is 2.85. The molecule has 4 nitrogen and oxygen atoms in total. The molecule has 0 saturated heterocycles. The standard InChI is InChI=1S/C10H21NO3S/c1-10(2,3)15(13,14)11-8-6-4-5-7-9(8)12/h8-9,11-12H,4-7H2,1-3H3/t8-,9-/m0/s1. The molecule has 1 aliphatic carbocycles. The fourth-order valence-electron chi connectivity index (χ4n) is 1.62. The van der Waals surface area contributed by atoms with Gasteiger partial charge < -0.3 is 5.11 Å². The molecule has 0 aromatic carbocycles. The second-order valence-corrected chi connectivity index (χ2v) is 7.66. The van der Waals surface area contributed by atoms with E-state index >= 15 is 0 Å². The van der Waals surface area contributed by atoms with Gasteiger partial charge in [0.2, 0.25) is 10.0 Å². The largest absolute Gasteiger partial charge is 0.391 e. The molecule has 0 spiro atoms. The second kappa shape index (κ2) is 4.39. The maximum atomic E-state index is 11.8. The molecule has 0 unspecified atom stereocenters. The van der Waals surface area contributed by atoms with Gasteiger partial charge in [-0.3, -0.25) is 0 Å². The van der Waals surface area contributed by atoms with E-state index in [0.29, 0.717) is 6.42 Å². The van der Waals surface area contributed by atoms with E-state index in [-0.39, 0.29) is 6.04 Å². The highest BCUT2D eigenvalue weighted by molar-refractivity contribution is 7.90. The van der Waals surface area contributed by atoms with Crippen molar-refractivity contribution in [1.82, 2.24) is 4.72 Å². The van der Waals surface area contributed by atoms with Crippen LogP contribution in [-0.4, -0.2) is 30.4 Å². The lowest BCUT2D eigenvalue weighted by Gasteiger charge is -2.31. The minimum atomic E-state index is -3.34. The maximum absolute atomic E-state index is 11.8. The zero-order valence-corrected chi connectivity index (χ0v) is 10.5. The zero-order valence-electron chi connectivity index (χ0n) is 9.66. The highest BCUT2D eigenvalue weighted by Gasteiger charge is 2.34. The van der Waals surface area contributed by atoms with E-state index in [1.165, 1.54) is 0 Å². The predicted molar refractivity (Wildman–Crippen MR) is 60.1 cm³/mol. The van der Waals surface area contributed by atoms with Crippen molar-refractivity contribution in [3.05, 3.63) is 0 Å². The Morgan fingerprint density at radius 3 is 2.20 bits per heavy atom. The molecule has 2 atom stereocenters. The van der Waals surface area contributed by atoms with Gasteiger partial charge in [0, 0.05) is 6.04 Å². The third-order valence-corrected chi connectivity index (χ3v) is 5.07. The topological polar surface area (TPSA) is 66.4 Å². The van der Waals surface area contributed by atoms with Gasteiger partial charge in [-0.2, -0.15) is 0 Å². The molecule has 0 radical (unpaired) electrons. The van der Waals surface area contributed by atoms with Crippen LogP contribution in [-0.2, 0) is 10.0 Å². The molecule has 15 heavy (non-hydrogen) atoms. The molecule has 0 bridgehead atoms. The third-order valence-electron chi connectivity index (χ3n) is 2.84. The van der Waals surface area contributed by atoms with Crippen molar-refractivity contribution in [2.75, 3.05) is 0 Å². The van der Waals surface area contributed by atoms with Crippen LogP contribution in [0.1, 0.15) is 46.5 Å². The van der Waals surface area contributed by atoms with Gasteiger partial charge in [0.1, 0.15) is 0 Å². The van der Waals surface area contributed by atoms with Crippen LogP contribution in [0.25, 0.3) is 0 Å². The van der Waals surface area contributed by atoms with Gasteiger partial charge in [-0.15, -0.1) is 0 Å². The number of sulfonamides is 1. The number of nitrogens with one attached hydrogen (secondary N) is 1. The van der Waals surface area contributed by atoms with E-state index in [1.807, 2.05) is 0 Å². The Hall–Kier alpha value is -0.130. The first kappa shape index (κ1) is 12.9. The summed E-state index contributed by atoms with van der Waals surface area (Å²) in [5.74, 6) is 0. The highest BCUT2D eigenvalue weighted by Crippen LogP contribution is 2.21. The quantitative estimate of drug-likeness (QED) is 0.750. The Kier molecular flexibility index (Phi) is 3.79. The summed E-state index contributed by atoms with van der Waals surface area (Å²) >= 11 is 0. The smallest absolute Gasteiger partial charge is 0.216 e. The molecule has 1 fully saturated rings. The lowest BCUT2D eigenvalue weighted by atomic mass is 9.93. The lowest BCUT2D eigenvalue weighted by Crippen LogP contribution is -2.50. The SMILES string of the molecule is CC(C)(C)S(=O)(=O)N[C@H]1CCCC[C@@H]1O. The van der Waals surface area contributed by atoms with Crippen molar-refractivity contribution in [3.8, 4) is 0 Å². The molecule has 2 N–H and O–H groups in total. The predicted octanol–water partition coefficient (Wildman–Crippen LogP) is 1.01. The summed E-state index contributed by atoms with van der Waals surface area (Å²) in [6.45, 7) is 4.97. The molecule has 1 aliphatic rings. The van der Waals surface area contributed by atoms with Crippen molar-refractivity contribution >= 4 is 10.0 Å².